The van der Waals surface area contributed by atoms with E-state index < -0.39 is 17.4 Å². The highest BCUT2D eigenvalue weighted by atomic mass is 79.9. The molecule has 134 valence electrons. The van der Waals surface area contributed by atoms with Crippen LogP contribution in [0.5, 0.6) is 0 Å². The normalized spacial score (nSPS) is 13.2. The van der Waals surface area contributed by atoms with Gasteiger partial charge in [-0.05, 0) is 34.5 Å². The molecule has 9 heteroatoms. The Morgan fingerprint density at radius 2 is 2.08 bits per heavy atom. The number of amides is 1. The quantitative estimate of drug-likeness (QED) is 0.609. The van der Waals surface area contributed by atoms with Crippen molar-refractivity contribution in [2.45, 2.75) is 18.9 Å². The van der Waals surface area contributed by atoms with Gasteiger partial charge in [-0.15, -0.1) is 10.2 Å². The summed E-state index contributed by atoms with van der Waals surface area (Å²) < 4.78 is 20.0. The molecule has 0 saturated heterocycles. The summed E-state index contributed by atoms with van der Waals surface area (Å²) in [5, 5.41) is 19.4. The van der Waals surface area contributed by atoms with Crippen LogP contribution in [0.3, 0.4) is 0 Å². The molecule has 0 spiro atoms. The van der Waals surface area contributed by atoms with Gasteiger partial charge < -0.3 is 14.8 Å². The molecule has 2 aromatic heterocycles. The third-order valence-corrected chi connectivity index (χ3v) is 4.17. The standard InChI is InChI=1S/C17H14BrFN4O3/c1-17(21-16(24)25,8-10-5-3-2-4-6-10)15-23-22-14(26-15)11-7-13(18)20-9-12(11)19/h2-7,9,21H,8H2,1H3,(H,24,25). The monoisotopic (exact) mass is 420 g/mol. The largest absolute Gasteiger partial charge is 0.465 e. The molecule has 0 aliphatic heterocycles. The Labute approximate surface area is 156 Å². The van der Waals surface area contributed by atoms with Gasteiger partial charge in [0.1, 0.15) is 10.1 Å². The molecule has 1 atom stereocenters. The summed E-state index contributed by atoms with van der Waals surface area (Å²) in [4.78, 5) is 15.1. The van der Waals surface area contributed by atoms with E-state index in [1.807, 2.05) is 30.3 Å². The number of benzene rings is 1. The third kappa shape index (κ3) is 3.88. The Balaban J connectivity index is 1.99. The summed E-state index contributed by atoms with van der Waals surface area (Å²) in [6.45, 7) is 1.63. The van der Waals surface area contributed by atoms with Crippen LogP contribution in [-0.2, 0) is 12.0 Å². The number of halogens is 2. The van der Waals surface area contributed by atoms with Crippen molar-refractivity contribution in [1.29, 1.82) is 0 Å². The number of aromatic nitrogens is 3. The summed E-state index contributed by atoms with van der Waals surface area (Å²) in [5.41, 5.74) is -0.233. The fraction of sp³-hybridized carbons (Fsp3) is 0.176. The first kappa shape index (κ1) is 18.0. The number of rotatable bonds is 5. The van der Waals surface area contributed by atoms with Gasteiger partial charge in [-0.3, -0.25) is 0 Å². The maximum Gasteiger partial charge on any atom is 0.405 e. The second-order valence-electron chi connectivity index (χ2n) is 5.82. The molecule has 7 nitrogen and oxygen atoms in total. The molecule has 3 rings (SSSR count). The van der Waals surface area contributed by atoms with Gasteiger partial charge in [-0.2, -0.15) is 0 Å². The molecule has 0 aliphatic carbocycles. The van der Waals surface area contributed by atoms with E-state index in [1.54, 1.807) is 6.92 Å². The van der Waals surface area contributed by atoms with Crippen molar-refractivity contribution in [1.82, 2.24) is 20.5 Å². The molecule has 0 saturated carbocycles. The van der Waals surface area contributed by atoms with Gasteiger partial charge in [0.2, 0.25) is 5.89 Å². The van der Waals surface area contributed by atoms with Gasteiger partial charge in [0.15, 0.2) is 5.82 Å². The number of carbonyl (C=O) groups is 1. The summed E-state index contributed by atoms with van der Waals surface area (Å²) >= 11 is 3.16. The molecular formula is C17H14BrFN4O3. The van der Waals surface area contributed by atoms with Gasteiger partial charge in [-0.1, -0.05) is 30.3 Å². The molecule has 2 heterocycles. The molecule has 2 N–H and O–H groups in total. The maximum atomic E-state index is 14.0. The minimum atomic E-state index is -1.24. The highest BCUT2D eigenvalue weighted by Crippen LogP contribution is 2.29. The minimum absolute atomic E-state index is 0.0334. The zero-order valence-corrected chi connectivity index (χ0v) is 15.2. The van der Waals surface area contributed by atoms with Gasteiger partial charge in [0.25, 0.3) is 5.89 Å². The number of hydrogen-bond donors (Lipinski definition) is 2. The Morgan fingerprint density at radius 1 is 1.35 bits per heavy atom. The number of pyridine rings is 1. The van der Waals surface area contributed by atoms with E-state index in [0.717, 1.165) is 11.8 Å². The molecule has 26 heavy (non-hydrogen) atoms. The lowest BCUT2D eigenvalue weighted by molar-refractivity contribution is 0.172. The lowest BCUT2D eigenvalue weighted by atomic mass is 9.93. The van der Waals surface area contributed by atoms with E-state index in [4.69, 9.17) is 4.42 Å². The fourth-order valence-electron chi connectivity index (χ4n) is 2.55. The van der Waals surface area contributed by atoms with Crippen LogP contribution < -0.4 is 5.32 Å². The second-order valence-corrected chi connectivity index (χ2v) is 6.64. The van der Waals surface area contributed by atoms with E-state index in [9.17, 15) is 14.3 Å². The topological polar surface area (TPSA) is 101 Å². The van der Waals surface area contributed by atoms with Crippen molar-refractivity contribution < 1.29 is 18.7 Å². The smallest absolute Gasteiger partial charge is 0.405 e. The molecule has 1 unspecified atom stereocenters. The zero-order valence-electron chi connectivity index (χ0n) is 13.6. The first-order valence-corrected chi connectivity index (χ1v) is 8.37. The minimum Gasteiger partial charge on any atom is -0.465 e. The Hall–Kier alpha value is -2.81. The highest BCUT2D eigenvalue weighted by Gasteiger charge is 2.35. The van der Waals surface area contributed by atoms with Crippen LogP contribution in [-0.4, -0.2) is 26.4 Å². The number of nitrogens with zero attached hydrogens (tertiary/aromatic N) is 3. The van der Waals surface area contributed by atoms with Crippen molar-refractivity contribution in [3.8, 4) is 11.5 Å². The van der Waals surface area contributed by atoms with Crippen molar-refractivity contribution in [3.63, 3.8) is 0 Å². The molecule has 3 aromatic rings. The molecule has 0 bridgehead atoms. The van der Waals surface area contributed by atoms with Crippen molar-refractivity contribution in [2.75, 3.05) is 0 Å². The predicted octanol–water partition coefficient (Wildman–Crippen LogP) is 3.76. The van der Waals surface area contributed by atoms with E-state index in [1.165, 1.54) is 6.07 Å². The Kier molecular flexibility index (Phi) is 4.99. The fourth-order valence-corrected chi connectivity index (χ4v) is 2.88. The van der Waals surface area contributed by atoms with Crippen molar-refractivity contribution in [2.24, 2.45) is 0 Å². The SMILES string of the molecule is CC(Cc1ccccc1)(NC(=O)O)c1nnc(-c2cc(Br)ncc2F)o1. The first-order chi connectivity index (χ1) is 12.4. The predicted molar refractivity (Wildman–Crippen MR) is 93.8 cm³/mol. The van der Waals surface area contributed by atoms with Crippen LogP contribution in [0, 0.1) is 5.82 Å². The van der Waals surface area contributed by atoms with Crippen LogP contribution in [0.2, 0.25) is 0 Å². The summed E-state index contributed by atoms with van der Waals surface area (Å²) in [5.74, 6) is -0.655. The van der Waals surface area contributed by atoms with Crippen LogP contribution in [0.4, 0.5) is 9.18 Å². The molecule has 1 amide bonds. The summed E-state index contributed by atoms with van der Waals surface area (Å²) in [7, 11) is 0. The average Bonchev–Trinajstić information content (AvgIpc) is 3.08. The molecule has 1 aromatic carbocycles. The van der Waals surface area contributed by atoms with Crippen LogP contribution in [0.15, 0.2) is 51.6 Å². The molecule has 0 radical (unpaired) electrons. The van der Waals surface area contributed by atoms with Crippen LogP contribution >= 0.6 is 15.9 Å². The highest BCUT2D eigenvalue weighted by molar-refractivity contribution is 9.10. The van der Waals surface area contributed by atoms with Gasteiger partial charge in [0.05, 0.1) is 11.8 Å². The Morgan fingerprint density at radius 3 is 2.77 bits per heavy atom. The Bertz CT molecular complexity index is 935. The van der Waals surface area contributed by atoms with Crippen molar-refractivity contribution >= 4 is 22.0 Å². The first-order valence-electron chi connectivity index (χ1n) is 7.58. The van der Waals surface area contributed by atoms with Crippen molar-refractivity contribution in [3.05, 3.63) is 64.5 Å². The van der Waals surface area contributed by atoms with E-state index in [0.29, 0.717) is 4.60 Å². The maximum absolute atomic E-state index is 14.0. The zero-order chi connectivity index (χ0) is 18.7. The van der Waals surface area contributed by atoms with E-state index >= 15 is 0 Å². The molecule has 0 aliphatic rings. The number of nitrogens with one attached hydrogen (secondary N) is 1. The average molecular weight is 421 g/mol. The van der Waals surface area contributed by atoms with Crippen LogP contribution in [0.25, 0.3) is 11.5 Å². The summed E-state index contributed by atoms with van der Waals surface area (Å²) in [6.07, 6.45) is 0.0766. The van der Waals surface area contributed by atoms with Gasteiger partial charge in [-0.25, -0.2) is 14.2 Å². The van der Waals surface area contributed by atoms with E-state index in [-0.39, 0.29) is 23.8 Å². The summed E-state index contributed by atoms with van der Waals surface area (Å²) in [6, 6.07) is 10.7. The number of carboxylic acid groups (broad SMARTS) is 1. The second kappa shape index (κ2) is 7.20. The lowest BCUT2D eigenvalue weighted by Crippen LogP contribution is -2.44. The molecular weight excluding hydrogens is 407 g/mol. The molecule has 0 fully saturated rings. The van der Waals surface area contributed by atoms with Gasteiger partial charge in [0, 0.05) is 6.42 Å². The van der Waals surface area contributed by atoms with Gasteiger partial charge >= 0.3 is 6.09 Å². The lowest BCUT2D eigenvalue weighted by Gasteiger charge is -2.25. The third-order valence-electron chi connectivity index (χ3n) is 3.73. The number of hydrogen-bond acceptors (Lipinski definition) is 5. The van der Waals surface area contributed by atoms with Crippen LogP contribution in [0.1, 0.15) is 18.4 Å². The van der Waals surface area contributed by atoms with E-state index in [2.05, 4.69) is 36.4 Å².